The lowest BCUT2D eigenvalue weighted by Gasteiger charge is -2.24. The van der Waals surface area contributed by atoms with Crippen LogP contribution in [0.15, 0.2) is 42.5 Å². The summed E-state index contributed by atoms with van der Waals surface area (Å²) in [5, 5.41) is 0. The molecule has 2 aromatic carbocycles. The Kier molecular flexibility index (Phi) is 4.05. The maximum atomic E-state index is 8.61. The first kappa shape index (κ1) is 13.1. The zero-order valence-electron chi connectivity index (χ0n) is 16.1. The van der Waals surface area contributed by atoms with E-state index in [1.165, 1.54) is 0 Å². The van der Waals surface area contributed by atoms with Crippen molar-refractivity contribution in [2.24, 2.45) is 0 Å². The van der Waals surface area contributed by atoms with Crippen molar-refractivity contribution >= 4 is 0 Å². The molecule has 0 aliphatic carbocycles. The molecule has 0 aliphatic rings. The predicted molar refractivity (Wildman–Crippen MR) is 94.1 cm³/mol. The summed E-state index contributed by atoms with van der Waals surface area (Å²) in [5.74, 6) is -1.09. The quantitative estimate of drug-likeness (QED) is 0.583. The molecule has 112 valence electrons. The van der Waals surface area contributed by atoms with Crippen LogP contribution in [0.5, 0.6) is 0 Å². The third-order valence-electron chi connectivity index (χ3n) is 3.94. The van der Waals surface area contributed by atoms with Gasteiger partial charge in [0.1, 0.15) is 0 Å². The average Bonchev–Trinajstić information content (AvgIpc) is 2.45. The Hall–Kier alpha value is -1.56. The van der Waals surface area contributed by atoms with Crippen molar-refractivity contribution in [1.82, 2.24) is 0 Å². The van der Waals surface area contributed by atoms with E-state index in [0.29, 0.717) is 5.92 Å². The van der Waals surface area contributed by atoms with Crippen molar-refractivity contribution in [1.29, 1.82) is 0 Å². The molecule has 0 unspecified atom stereocenters. The second-order valence-electron chi connectivity index (χ2n) is 6.51. The summed E-state index contributed by atoms with van der Waals surface area (Å²) in [6.07, 6.45) is 0. The molecule has 0 heteroatoms. The normalized spacial score (nSPS) is 14.0. The summed E-state index contributed by atoms with van der Waals surface area (Å²) >= 11 is 0. The van der Waals surface area contributed by atoms with Gasteiger partial charge in [-0.3, -0.25) is 0 Å². The van der Waals surface area contributed by atoms with Crippen LogP contribution in [0.2, 0.25) is 0 Å². The summed E-state index contributed by atoms with van der Waals surface area (Å²) in [4.78, 5) is 0. The van der Waals surface area contributed by atoms with E-state index in [4.69, 9.17) is 2.74 Å². The van der Waals surface area contributed by atoms with Crippen molar-refractivity contribution in [2.75, 3.05) is 0 Å². The van der Waals surface area contributed by atoms with Crippen molar-refractivity contribution in [2.45, 2.75) is 59.2 Å². The van der Waals surface area contributed by atoms with Crippen LogP contribution in [0.1, 0.15) is 78.7 Å². The van der Waals surface area contributed by atoms with Crippen molar-refractivity contribution in [3.63, 3.8) is 0 Å². The van der Waals surface area contributed by atoms with Crippen LogP contribution in [0.3, 0.4) is 0 Å². The van der Waals surface area contributed by atoms with Crippen LogP contribution >= 0.6 is 0 Å². The monoisotopic (exact) mass is 282 g/mol. The third-order valence-corrected chi connectivity index (χ3v) is 3.94. The van der Waals surface area contributed by atoms with E-state index in [2.05, 4.69) is 38.1 Å². The Morgan fingerprint density at radius 2 is 1.19 bits per heavy atom. The van der Waals surface area contributed by atoms with E-state index in [0.717, 1.165) is 27.8 Å². The van der Waals surface area contributed by atoms with Gasteiger partial charge in [-0.25, -0.2) is 0 Å². The van der Waals surface area contributed by atoms with Gasteiger partial charge in [-0.1, -0.05) is 84.0 Å². The Morgan fingerprint density at radius 3 is 1.57 bits per heavy atom. The van der Waals surface area contributed by atoms with E-state index >= 15 is 0 Å². The predicted octanol–water partition coefficient (Wildman–Crippen LogP) is 6.72. The average molecular weight is 282 g/mol. The largest absolute Gasteiger partial charge is 0.0622 e. The number of rotatable bonds is 4. The van der Waals surface area contributed by atoms with Gasteiger partial charge in [-0.15, -0.1) is 0 Å². The fraction of sp³-hybridized carbons (Fsp3) is 0.429. The highest BCUT2D eigenvalue weighted by Gasteiger charge is 2.18. The van der Waals surface area contributed by atoms with E-state index in [-0.39, 0.29) is 0 Å². The smallest absolute Gasteiger partial charge is 0.0347 e. The Labute approximate surface area is 133 Å². The highest BCUT2D eigenvalue weighted by Crippen LogP contribution is 2.37. The van der Waals surface area contributed by atoms with E-state index < -0.39 is 11.8 Å². The maximum Gasteiger partial charge on any atom is 0.0347 e. The van der Waals surface area contributed by atoms with Crippen LogP contribution in [0.25, 0.3) is 11.1 Å². The van der Waals surface area contributed by atoms with Crippen molar-refractivity contribution in [3.8, 4) is 11.1 Å². The molecule has 0 N–H and O–H groups in total. The molecule has 0 amide bonds. The van der Waals surface area contributed by atoms with Gasteiger partial charge in [-0.2, -0.15) is 0 Å². The molecule has 0 atom stereocenters. The highest BCUT2D eigenvalue weighted by molar-refractivity contribution is 5.67. The molecule has 2 rings (SSSR count). The molecule has 0 aliphatic heterocycles. The molecule has 0 aromatic heterocycles. The van der Waals surface area contributed by atoms with Gasteiger partial charge in [0.15, 0.2) is 0 Å². The molecular formula is C21H28. The molecular weight excluding hydrogens is 252 g/mol. The standard InChI is InChI=1S/C21H28/c1-14(2)19-12-18(17-10-8-7-9-11-17)13-20(15(3)4)21(19)16(5)6/h7-16H,1-6H3/i14D,15D. The Balaban J connectivity index is 2.84. The summed E-state index contributed by atoms with van der Waals surface area (Å²) in [7, 11) is 0. The lowest BCUT2D eigenvalue weighted by Crippen LogP contribution is -2.06. The molecule has 0 fully saturated rings. The summed E-state index contributed by atoms with van der Waals surface area (Å²) in [6.45, 7) is 12.0. The molecule has 0 bridgehead atoms. The fourth-order valence-electron chi connectivity index (χ4n) is 2.90. The molecule has 0 saturated heterocycles. The second kappa shape index (κ2) is 6.47. The van der Waals surface area contributed by atoms with E-state index in [1.54, 1.807) is 0 Å². The minimum atomic E-state index is -0.690. The first-order valence-corrected chi connectivity index (χ1v) is 7.76. The summed E-state index contributed by atoms with van der Waals surface area (Å²) in [5.41, 5.74) is 5.46. The topological polar surface area (TPSA) is 0 Å². The lowest BCUT2D eigenvalue weighted by atomic mass is 9.81. The SMILES string of the molecule is [2H]C(C)(C)c1cc(-c2ccccc2)cc(C([2H])(C)C)c1C(C)C. The Bertz CT molecular complexity index is 636. The first-order chi connectivity index (χ1) is 10.5. The van der Waals surface area contributed by atoms with E-state index in [1.807, 2.05) is 45.9 Å². The van der Waals surface area contributed by atoms with Crippen LogP contribution < -0.4 is 0 Å². The van der Waals surface area contributed by atoms with Gasteiger partial charge in [0, 0.05) is 2.74 Å². The first-order valence-electron chi connectivity index (χ1n) is 8.76. The molecule has 0 radical (unpaired) electrons. The van der Waals surface area contributed by atoms with Gasteiger partial charge in [-0.05, 0) is 45.5 Å². The zero-order valence-corrected chi connectivity index (χ0v) is 14.1. The van der Waals surface area contributed by atoms with Crippen LogP contribution in [-0.4, -0.2) is 0 Å². The lowest BCUT2D eigenvalue weighted by molar-refractivity contribution is 0.749. The number of hydrogen-bond acceptors (Lipinski definition) is 0. The summed E-state index contributed by atoms with van der Waals surface area (Å²) in [6, 6.07) is 14.5. The van der Waals surface area contributed by atoms with Crippen LogP contribution in [-0.2, 0) is 0 Å². The Morgan fingerprint density at radius 1 is 0.714 bits per heavy atom. The van der Waals surface area contributed by atoms with Gasteiger partial charge >= 0.3 is 0 Å². The summed E-state index contributed by atoms with van der Waals surface area (Å²) < 4.78 is 17.2. The maximum absolute atomic E-state index is 8.61. The van der Waals surface area contributed by atoms with Crippen molar-refractivity contribution < 1.29 is 2.74 Å². The molecule has 0 saturated carbocycles. The van der Waals surface area contributed by atoms with Gasteiger partial charge in [0.25, 0.3) is 0 Å². The second-order valence-corrected chi connectivity index (χ2v) is 6.51. The number of benzene rings is 2. The van der Waals surface area contributed by atoms with Crippen LogP contribution in [0.4, 0.5) is 0 Å². The number of hydrogen-bond donors (Lipinski definition) is 0. The van der Waals surface area contributed by atoms with Gasteiger partial charge < -0.3 is 0 Å². The highest BCUT2D eigenvalue weighted by atomic mass is 14.2. The van der Waals surface area contributed by atoms with E-state index in [9.17, 15) is 0 Å². The van der Waals surface area contributed by atoms with Gasteiger partial charge in [0.2, 0.25) is 0 Å². The zero-order chi connectivity index (χ0) is 17.4. The van der Waals surface area contributed by atoms with Crippen LogP contribution in [0, 0.1) is 0 Å². The third kappa shape index (κ3) is 3.37. The van der Waals surface area contributed by atoms with Crippen molar-refractivity contribution in [3.05, 3.63) is 59.2 Å². The molecule has 0 heterocycles. The molecule has 21 heavy (non-hydrogen) atoms. The minimum absolute atomic E-state index is 0.291. The molecule has 2 aromatic rings. The minimum Gasteiger partial charge on any atom is -0.0622 e. The fourth-order valence-corrected chi connectivity index (χ4v) is 2.90. The molecule has 0 nitrogen and oxygen atoms in total. The van der Waals surface area contributed by atoms with Gasteiger partial charge in [0.05, 0.1) is 0 Å². The molecule has 0 spiro atoms.